The normalized spacial score (nSPS) is 16.6. The SMILES string of the molecule is O=C(CN1CCC[C@H]1C(=O)NC(=O)c1ccccc1)c1ccc2ccccc2c1. The Morgan fingerprint density at radius 2 is 1.59 bits per heavy atom. The standard InChI is InChI=1S/C24H22N2O3/c27-22(20-13-12-17-7-4-5-10-19(17)15-20)16-26-14-6-11-21(26)24(29)25-23(28)18-8-2-1-3-9-18/h1-5,7-10,12-13,15,21H,6,11,14,16H2,(H,25,28,29)/t21-/m0/s1. The zero-order valence-corrected chi connectivity index (χ0v) is 16.0. The molecule has 5 heteroatoms. The lowest BCUT2D eigenvalue weighted by Crippen LogP contribution is -2.46. The van der Waals surface area contributed by atoms with E-state index in [1.807, 2.05) is 53.4 Å². The van der Waals surface area contributed by atoms with Crippen LogP contribution in [-0.4, -0.2) is 41.6 Å². The Labute approximate surface area is 169 Å². The van der Waals surface area contributed by atoms with Crippen molar-refractivity contribution in [3.8, 4) is 0 Å². The van der Waals surface area contributed by atoms with E-state index in [1.165, 1.54) is 0 Å². The first-order valence-corrected chi connectivity index (χ1v) is 9.78. The van der Waals surface area contributed by atoms with Crippen LogP contribution in [0, 0.1) is 0 Å². The van der Waals surface area contributed by atoms with E-state index in [0.717, 1.165) is 17.2 Å². The van der Waals surface area contributed by atoms with Crippen molar-refractivity contribution in [2.45, 2.75) is 18.9 Å². The molecule has 0 aromatic heterocycles. The summed E-state index contributed by atoms with van der Waals surface area (Å²) in [5.41, 5.74) is 1.08. The summed E-state index contributed by atoms with van der Waals surface area (Å²) in [4.78, 5) is 39.6. The van der Waals surface area contributed by atoms with Gasteiger partial charge in [-0.1, -0.05) is 54.6 Å². The van der Waals surface area contributed by atoms with Gasteiger partial charge in [-0.3, -0.25) is 24.6 Å². The summed E-state index contributed by atoms with van der Waals surface area (Å²) in [5, 5.41) is 4.58. The van der Waals surface area contributed by atoms with Gasteiger partial charge in [0, 0.05) is 11.1 Å². The number of hydrogen-bond acceptors (Lipinski definition) is 4. The van der Waals surface area contributed by atoms with Gasteiger partial charge in [0.05, 0.1) is 12.6 Å². The third-order valence-corrected chi connectivity index (χ3v) is 5.36. The highest BCUT2D eigenvalue weighted by atomic mass is 16.2. The molecule has 2 amide bonds. The largest absolute Gasteiger partial charge is 0.293 e. The first-order chi connectivity index (χ1) is 14.1. The molecule has 1 aliphatic rings. The summed E-state index contributed by atoms with van der Waals surface area (Å²) in [6.07, 6.45) is 1.46. The molecular formula is C24H22N2O3. The maximum absolute atomic E-state index is 12.8. The molecule has 4 rings (SSSR count). The van der Waals surface area contributed by atoms with Gasteiger partial charge in [-0.05, 0) is 48.4 Å². The van der Waals surface area contributed by atoms with Crippen LogP contribution in [0.2, 0.25) is 0 Å². The molecule has 146 valence electrons. The highest BCUT2D eigenvalue weighted by molar-refractivity contribution is 6.06. The molecule has 1 N–H and O–H groups in total. The van der Waals surface area contributed by atoms with Crippen molar-refractivity contribution >= 4 is 28.4 Å². The predicted molar refractivity (Wildman–Crippen MR) is 112 cm³/mol. The second kappa shape index (κ2) is 8.37. The summed E-state index contributed by atoms with van der Waals surface area (Å²) >= 11 is 0. The molecule has 0 spiro atoms. The molecule has 0 aliphatic carbocycles. The molecule has 1 aliphatic heterocycles. The van der Waals surface area contributed by atoms with Gasteiger partial charge in [-0.2, -0.15) is 0 Å². The Bertz CT molecular complexity index is 1060. The Kier molecular flexibility index (Phi) is 5.49. The third-order valence-electron chi connectivity index (χ3n) is 5.36. The van der Waals surface area contributed by atoms with Crippen molar-refractivity contribution in [2.24, 2.45) is 0 Å². The number of Topliss-reactive ketones (excluding diaryl/α,β-unsaturated/α-hetero) is 1. The van der Waals surface area contributed by atoms with Crippen LogP contribution in [0.4, 0.5) is 0 Å². The molecule has 0 unspecified atom stereocenters. The number of amides is 2. The number of likely N-dealkylation sites (tertiary alicyclic amines) is 1. The zero-order valence-electron chi connectivity index (χ0n) is 16.0. The van der Waals surface area contributed by atoms with Gasteiger partial charge < -0.3 is 0 Å². The Balaban J connectivity index is 1.43. The van der Waals surface area contributed by atoms with Crippen molar-refractivity contribution in [2.75, 3.05) is 13.1 Å². The van der Waals surface area contributed by atoms with Crippen molar-refractivity contribution in [1.82, 2.24) is 10.2 Å². The van der Waals surface area contributed by atoms with E-state index in [-0.39, 0.29) is 18.2 Å². The van der Waals surface area contributed by atoms with Crippen LogP contribution in [-0.2, 0) is 4.79 Å². The number of imide groups is 1. The van der Waals surface area contributed by atoms with Gasteiger partial charge in [0.2, 0.25) is 5.91 Å². The number of carbonyl (C=O) groups is 3. The highest BCUT2D eigenvalue weighted by Crippen LogP contribution is 2.20. The predicted octanol–water partition coefficient (Wildman–Crippen LogP) is 3.44. The van der Waals surface area contributed by atoms with Crippen LogP contribution in [0.3, 0.4) is 0 Å². The number of rotatable bonds is 5. The van der Waals surface area contributed by atoms with Crippen molar-refractivity contribution < 1.29 is 14.4 Å². The fourth-order valence-corrected chi connectivity index (χ4v) is 3.81. The molecule has 29 heavy (non-hydrogen) atoms. The number of nitrogens with zero attached hydrogens (tertiary/aromatic N) is 1. The quantitative estimate of drug-likeness (QED) is 0.539. The minimum atomic E-state index is -0.466. The second-order valence-electron chi connectivity index (χ2n) is 7.30. The van der Waals surface area contributed by atoms with E-state index in [1.54, 1.807) is 24.3 Å². The molecule has 0 bridgehead atoms. The summed E-state index contributed by atoms with van der Waals surface area (Å²) in [5.74, 6) is -0.782. The summed E-state index contributed by atoms with van der Waals surface area (Å²) in [6.45, 7) is 0.826. The van der Waals surface area contributed by atoms with E-state index < -0.39 is 11.9 Å². The smallest absolute Gasteiger partial charge is 0.257 e. The lowest BCUT2D eigenvalue weighted by atomic mass is 10.0. The van der Waals surface area contributed by atoms with Crippen molar-refractivity contribution in [3.63, 3.8) is 0 Å². The third kappa shape index (κ3) is 4.25. The fourth-order valence-electron chi connectivity index (χ4n) is 3.81. The minimum Gasteiger partial charge on any atom is -0.293 e. The molecule has 3 aromatic rings. The fraction of sp³-hybridized carbons (Fsp3) is 0.208. The topological polar surface area (TPSA) is 66.5 Å². The van der Waals surface area contributed by atoms with E-state index >= 15 is 0 Å². The number of carbonyl (C=O) groups excluding carboxylic acids is 3. The average molecular weight is 386 g/mol. The Morgan fingerprint density at radius 1 is 0.862 bits per heavy atom. The summed E-state index contributed by atoms with van der Waals surface area (Å²) in [6, 6.07) is 21.7. The van der Waals surface area contributed by atoms with E-state index in [4.69, 9.17) is 0 Å². The number of benzene rings is 3. The first kappa shape index (κ1) is 19.0. The average Bonchev–Trinajstić information content (AvgIpc) is 3.22. The van der Waals surface area contributed by atoms with Gasteiger partial charge >= 0.3 is 0 Å². The van der Waals surface area contributed by atoms with Gasteiger partial charge in [-0.25, -0.2) is 0 Å². The van der Waals surface area contributed by atoms with E-state index in [2.05, 4.69) is 5.32 Å². The van der Waals surface area contributed by atoms with Crippen LogP contribution in [0.25, 0.3) is 10.8 Å². The Hall–Kier alpha value is -3.31. The van der Waals surface area contributed by atoms with Gasteiger partial charge in [0.25, 0.3) is 5.91 Å². The van der Waals surface area contributed by atoms with Crippen LogP contribution < -0.4 is 5.32 Å². The minimum absolute atomic E-state index is 0.0233. The van der Waals surface area contributed by atoms with Gasteiger partial charge in [0.1, 0.15) is 0 Å². The highest BCUT2D eigenvalue weighted by Gasteiger charge is 2.33. The summed E-state index contributed by atoms with van der Waals surface area (Å²) in [7, 11) is 0. The van der Waals surface area contributed by atoms with Crippen molar-refractivity contribution in [1.29, 1.82) is 0 Å². The Morgan fingerprint density at radius 3 is 2.38 bits per heavy atom. The molecule has 1 saturated heterocycles. The molecule has 1 heterocycles. The molecule has 0 saturated carbocycles. The van der Waals surface area contributed by atoms with E-state index in [0.29, 0.717) is 24.1 Å². The van der Waals surface area contributed by atoms with E-state index in [9.17, 15) is 14.4 Å². The second-order valence-corrected chi connectivity index (χ2v) is 7.30. The number of ketones is 1. The van der Waals surface area contributed by atoms with Crippen LogP contribution in [0.1, 0.15) is 33.6 Å². The van der Waals surface area contributed by atoms with Crippen LogP contribution in [0.5, 0.6) is 0 Å². The van der Waals surface area contributed by atoms with Crippen LogP contribution in [0.15, 0.2) is 72.8 Å². The lowest BCUT2D eigenvalue weighted by Gasteiger charge is -2.22. The molecule has 0 radical (unpaired) electrons. The van der Waals surface area contributed by atoms with Crippen LogP contribution >= 0.6 is 0 Å². The number of nitrogens with one attached hydrogen (secondary N) is 1. The summed E-state index contributed by atoms with van der Waals surface area (Å²) < 4.78 is 0. The number of fused-ring (bicyclic) bond motifs is 1. The monoisotopic (exact) mass is 386 g/mol. The zero-order chi connectivity index (χ0) is 20.2. The molecule has 5 nitrogen and oxygen atoms in total. The van der Waals surface area contributed by atoms with Gasteiger partial charge in [0.15, 0.2) is 5.78 Å². The molecule has 1 fully saturated rings. The maximum atomic E-state index is 12.8. The molecule has 3 aromatic carbocycles. The first-order valence-electron chi connectivity index (χ1n) is 9.78. The van der Waals surface area contributed by atoms with Crippen molar-refractivity contribution in [3.05, 3.63) is 83.9 Å². The lowest BCUT2D eigenvalue weighted by molar-refractivity contribution is -0.124. The molecular weight excluding hydrogens is 364 g/mol. The number of hydrogen-bond donors (Lipinski definition) is 1. The molecule has 1 atom stereocenters. The van der Waals surface area contributed by atoms with Gasteiger partial charge in [-0.15, -0.1) is 0 Å². The maximum Gasteiger partial charge on any atom is 0.257 e.